The van der Waals surface area contributed by atoms with E-state index in [9.17, 15) is 14.6 Å². The summed E-state index contributed by atoms with van der Waals surface area (Å²) in [7, 11) is 0. The lowest BCUT2D eigenvalue weighted by atomic mass is 10.0. The van der Waals surface area contributed by atoms with E-state index in [1.165, 1.54) is 12.1 Å². The molecular formula is C10H12BrFO3. The van der Waals surface area contributed by atoms with E-state index in [4.69, 9.17) is 5.11 Å². The lowest BCUT2D eigenvalue weighted by Gasteiger charge is -2.18. The quantitative estimate of drug-likeness (QED) is 0.780. The second-order valence-corrected chi connectivity index (χ2v) is 4.01. The van der Waals surface area contributed by atoms with Crippen molar-refractivity contribution in [1.82, 2.24) is 0 Å². The lowest BCUT2D eigenvalue weighted by molar-refractivity contribution is 0.00195. The summed E-state index contributed by atoms with van der Waals surface area (Å²) in [5.41, 5.74) is 0.0125. The Morgan fingerprint density at radius 3 is 2.53 bits per heavy atom. The predicted molar refractivity (Wildman–Crippen MR) is 56.8 cm³/mol. The summed E-state index contributed by atoms with van der Waals surface area (Å²) in [4.78, 5) is 0. The van der Waals surface area contributed by atoms with Crippen LogP contribution in [0.4, 0.5) is 4.39 Å². The summed E-state index contributed by atoms with van der Waals surface area (Å²) in [5.74, 6) is -0.589. The van der Waals surface area contributed by atoms with Gasteiger partial charge in [0, 0.05) is 16.6 Å². The van der Waals surface area contributed by atoms with Gasteiger partial charge in [0.15, 0.2) is 0 Å². The molecule has 0 fully saturated rings. The van der Waals surface area contributed by atoms with E-state index in [2.05, 4.69) is 15.9 Å². The molecule has 2 unspecified atom stereocenters. The Kier molecular flexibility index (Phi) is 4.66. The summed E-state index contributed by atoms with van der Waals surface area (Å²) in [6.07, 6.45) is -2.52. The Bertz CT molecular complexity index is 312. The van der Waals surface area contributed by atoms with Crippen molar-refractivity contribution in [3.63, 3.8) is 0 Å². The van der Waals surface area contributed by atoms with E-state index in [-0.39, 0.29) is 18.6 Å². The van der Waals surface area contributed by atoms with Crippen LogP contribution in [0.1, 0.15) is 18.1 Å². The first-order chi connectivity index (χ1) is 7.07. The van der Waals surface area contributed by atoms with Crippen LogP contribution in [-0.2, 0) is 0 Å². The van der Waals surface area contributed by atoms with Crippen LogP contribution in [-0.4, -0.2) is 28.0 Å². The number of halogens is 2. The standard InChI is InChI=1S/C10H12BrFO3/c11-6-2-1-3-7(12)9(6)10(15)8(14)4-5-13/h1-3,8,10,13-15H,4-5H2. The van der Waals surface area contributed by atoms with Crippen LogP contribution in [0.2, 0.25) is 0 Å². The molecule has 0 aromatic heterocycles. The topological polar surface area (TPSA) is 60.7 Å². The molecule has 0 aliphatic rings. The first-order valence-corrected chi connectivity index (χ1v) is 5.28. The summed E-state index contributed by atoms with van der Waals surface area (Å²) < 4.78 is 13.7. The molecule has 2 atom stereocenters. The molecule has 0 aliphatic carbocycles. The van der Waals surface area contributed by atoms with E-state index in [0.717, 1.165) is 0 Å². The van der Waals surface area contributed by atoms with E-state index >= 15 is 0 Å². The molecule has 1 aromatic carbocycles. The van der Waals surface area contributed by atoms with E-state index in [1.54, 1.807) is 6.07 Å². The maximum Gasteiger partial charge on any atom is 0.130 e. The molecule has 1 rings (SSSR count). The van der Waals surface area contributed by atoms with Gasteiger partial charge >= 0.3 is 0 Å². The summed E-state index contributed by atoms with van der Waals surface area (Å²) in [5, 5.41) is 27.7. The third-order valence-electron chi connectivity index (χ3n) is 2.08. The summed E-state index contributed by atoms with van der Waals surface area (Å²) in [6, 6.07) is 4.27. The molecule has 0 radical (unpaired) electrons. The Hall–Kier alpha value is -0.490. The minimum absolute atomic E-state index is 0.00193. The molecule has 1 aromatic rings. The largest absolute Gasteiger partial charge is 0.396 e. The molecule has 84 valence electrons. The molecule has 3 nitrogen and oxygen atoms in total. The number of hydrogen-bond donors (Lipinski definition) is 3. The maximum absolute atomic E-state index is 13.3. The van der Waals surface area contributed by atoms with Crippen LogP contribution in [0.15, 0.2) is 22.7 Å². The zero-order valence-electron chi connectivity index (χ0n) is 7.90. The average molecular weight is 279 g/mol. The van der Waals surface area contributed by atoms with Gasteiger partial charge in [-0.15, -0.1) is 0 Å². The van der Waals surface area contributed by atoms with Crippen LogP contribution in [0.5, 0.6) is 0 Å². The fraction of sp³-hybridized carbons (Fsp3) is 0.400. The van der Waals surface area contributed by atoms with Gasteiger partial charge in [0.1, 0.15) is 11.9 Å². The maximum atomic E-state index is 13.3. The molecule has 0 spiro atoms. The number of aliphatic hydroxyl groups is 3. The summed E-state index contributed by atoms with van der Waals surface area (Å²) in [6.45, 7) is -0.260. The van der Waals surface area contributed by atoms with Gasteiger partial charge in [0.05, 0.1) is 6.10 Å². The van der Waals surface area contributed by atoms with Gasteiger partial charge in [-0.3, -0.25) is 0 Å². The van der Waals surface area contributed by atoms with Crippen molar-refractivity contribution < 1.29 is 19.7 Å². The van der Waals surface area contributed by atoms with Crippen molar-refractivity contribution in [1.29, 1.82) is 0 Å². The Morgan fingerprint density at radius 1 is 1.33 bits per heavy atom. The van der Waals surface area contributed by atoms with Crippen molar-refractivity contribution >= 4 is 15.9 Å². The summed E-state index contributed by atoms with van der Waals surface area (Å²) >= 11 is 3.09. The van der Waals surface area contributed by atoms with Crippen LogP contribution in [0, 0.1) is 5.82 Å². The van der Waals surface area contributed by atoms with Gasteiger partial charge in [0.25, 0.3) is 0 Å². The molecule has 5 heteroatoms. The van der Waals surface area contributed by atoms with Gasteiger partial charge in [-0.05, 0) is 18.6 Å². The van der Waals surface area contributed by atoms with Crippen molar-refractivity contribution in [3.05, 3.63) is 34.1 Å². The fourth-order valence-corrected chi connectivity index (χ4v) is 1.85. The molecular weight excluding hydrogens is 267 g/mol. The highest BCUT2D eigenvalue weighted by Crippen LogP contribution is 2.29. The first kappa shape index (κ1) is 12.6. The molecule has 0 bridgehead atoms. The smallest absolute Gasteiger partial charge is 0.130 e. The lowest BCUT2D eigenvalue weighted by Crippen LogP contribution is -2.20. The predicted octanol–water partition coefficient (Wildman–Crippen LogP) is 1.36. The highest BCUT2D eigenvalue weighted by molar-refractivity contribution is 9.10. The number of aliphatic hydroxyl groups excluding tert-OH is 3. The highest BCUT2D eigenvalue weighted by atomic mass is 79.9. The Morgan fingerprint density at radius 2 is 2.00 bits per heavy atom. The molecule has 15 heavy (non-hydrogen) atoms. The molecule has 0 heterocycles. The van der Waals surface area contributed by atoms with Gasteiger partial charge in [-0.1, -0.05) is 22.0 Å². The number of benzene rings is 1. The second kappa shape index (κ2) is 5.55. The van der Waals surface area contributed by atoms with Gasteiger partial charge in [-0.25, -0.2) is 4.39 Å². The minimum Gasteiger partial charge on any atom is -0.396 e. The van der Waals surface area contributed by atoms with E-state index in [1.807, 2.05) is 0 Å². The van der Waals surface area contributed by atoms with Crippen LogP contribution >= 0.6 is 15.9 Å². The van der Waals surface area contributed by atoms with Crippen molar-refractivity contribution in [2.24, 2.45) is 0 Å². The van der Waals surface area contributed by atoms with E-state index in [0.29, 0.717) is 4.47 Å². The first-order valence-electron chi connectivity index (χ1n) is 4.48. The van der Waals surface area contributed by atoms with E-state index < -0.39 is 18.0 Å². The molecule has 3 N–H and O–H groups in total. The Balaban J connectivity index is 2.94. The Labute approximate surface area is 95.3 Å². The third kappa shape index (κ3) is 2.98. The van der Waals surface area contributed by atoms with Crippen molar-refractivity contribution in [3.8, 4) is 0 Å². The molecule has 0 amide bonds. The normalized spacial score (nSPS) is 15.0. The molecule has 0 saturated heterocycles. The second-order valence-electron chi connectivity index (χ2n) is 3.16. The van der Waals surface area contributed by atoms with Crippen LogP contribution in [0.25, 0.3) is 0 Å². The molecule has 0 aliphatic heterocycles. The van der Waals surface area contributed by atoms with Crippen LogP contribution < -0.4 is 0 Å². The zero-order chi connectivity index (χ0) is 11.4. The molecule has 0 saturated carbocycles. The zero-order valence-corrected chi connectivity index (χ0v) is 9.48. The fourth-order valence-electron chi connectivity index (χ4n) is 1.28. The van der Waals surface area contributed by atoms with Gasteiger partial charge in [-0.2, -0.15) is 0 Å². The van der Waals surface area contributed by atoms with Crippen molar-refractivity contribution in [2.45, 2.75) is 18.6 Å². The SMILES string of the molecule is OCCC(O)C(O)c1c(F)cccc1Br. The number of hydrogen-bond acceptors (Lipinski definition) is 3. The van der Waals surface area contributed by atoms with Gasteiger partial charge < -0.3 is 15.3 Å². The van der Waals surface area contributed by atoms with Crippen molar-refractivity contribution in [2.75, 3.05) is 6.61 Å². The third-order valence-corrected chi connectivity index (χ3v) is 2.78. The highest BCUT2D eigenvalue weighted by Gasteiger charge is 2.23. The average Bonchev–Trinajstić information content (AvgIpc) is 2.17. The van der Waals surface area contributed by atoms with Gasteiger partial charge in [0.2, 0.25) is 0 Å². The minimum atomic E-state index is -1.34. The van der Waals surface area contributed by atoms with Crippen LogP contribution in [0.3, 0.4) is 0 Å². The number of rotatable bonds is 4. The monoisotopic (exact) mass is 278 g/mol.